The maximum Gasteiger partial charge on any atom is 0.275 e. The van der Waals surface area contributed by atoms with Gasteiger partial charge in [-0.15, -0.1) is 0 Å². The Bertz CT molecular complexity index is 802. The highest BCUT2D eigenvalue weighted by Crippen LogP contribution is 2.12. The van der Waals surface area contributed by atoms with Gasteiger partial charge in [0, 0.05) is 31.0 Å². The first kappa shape index (κ1) is 16.6. The van der Waals surface area contributed by atoms with Crippen LogP contribution in [-0.2, 0) is 16.1 Å². The third-order valence-electron chi connectivity index (χ3n) is 4.29. The average Bonchev–Trinajstić information content (AvgIpc) is 2.85. The fourth-order valence-electron chi connectivity index (χ4n) is 2.96. The Morgan fingerprint density at radius 2 is 2.12 bits per heavy atom. The molecule has 24 heavy (non-hydrogen) atoms. The van der Waals surface area contributed by atoms with E-state index in [0.29, 0.717) is 37.4 Å². The average molecular weight is 331 g/mol. The smallest absolute Gasteiger partial charge is 0.275 e. The largest absolute Gasteiger partial charge is 0.396 e. The summed E-state index contributed by atoms with van der Waals surface area (Å²) >= 11 is 0. The molecule has 1 aromatic carbocycles. The molecule has 7 heteroatoms. The van der Waals surface area contributed by atoms with E-state index in [1.807, 2.05) is 19.1 Å². The van der Waals surface area contributed by atoms with Crippen LogP contribution in [0.5, 0.6) is 0 Å². The number of aryl methyl sites for hydroxylation is 1. The van der Waals surface area contributed by atoms with E-state index >= 15 is 0 Å². The molecule has 0 aliphatic carbocycles. The minimum absolute atomic E-state index is 0.0307. The minimum Gasteiger partial charge on any atom is -0.396 e. The molecular weight excluding hydrogens is 310 g/mol. The van der Waals surface area contributed by atoms with E-state index < -0.39 is 0 Å². The van der Waals surface area contributed by atoms with Gasteiger partial charge in [-0.2, -0.15) is 5.10 Å². The lowest BCUT2D eigenvalue weighted by Gasteiger charge is -2.23. The number of rotatable bonds is 3. The first-order chi connectivity index (χ1) is 11.6. The molecule has 3 rings (SSSR count). The predicted molar refractivity (Wildman–Crippen MR) is 88.7 cm³/mol. The molecule has 0 bridgehead atoms. The quantitative estimate of drug-likeness (QED) is 0.867. The first-order valence-electron chi connectivity index (χ1n) is 8.03. The van der Waals surface area contributed by atoms with Crippen LogP contribution >= 0.6 is 0 Å². The zero-order valence-electron chi connectivity index (χ0n) is 13.6. The van der Waals surface area contributed by atoms with Gasteiger partial charge in [0.1, 0.15) is 6.54 Å². The number of aromatic nitrogens is 2. The second-order valence-electron chi connectivity index (χ2n) is 6.06. The van der Waals surface area contributed by atoms with Crippen LogP contribution in [0.4, 0.5) is 0 Å². The highest BCUT2D eigenvalue weighted by atomic mass is 16.5. The number of aliphatic hydroxyl groups excluding tert-OH is 1. The van der Waals surface area contributed by atoms with Crippen molar-refractivity contribution in [2.75, 3.05) is 32.9 Å². The van der Waals surface area contributed by atoms with Gasteiger partial charge in [0.25, 0.3) is 5.56 Å². The standard InChI is InChI=1S/C17H21N3O4/c1-12-14-4-2-3-5-15(14)17(23)20(18-12)9-16(22)19-6-7-24-11-13(8-19)10-21/h2-5,13,21H,6-11H2,1H3. The molecule has 1 aromatic heterocycles. The zero-order chi connectivity index (χ0) is 17.1. The van der Waals surface area contributed by atoms with Crippen molar-refractivity contribution in [2.24, 2.45) is 5.92 Å². The molecule has 0 spiro atoms. The zero-order valence-corrected chi connectivity index (χ0v) is 13.6. The van der Waals surface area contributed by atoms with Crippen molar-refractivity contribution in [1.82, 2.24) is 14.7 Å². The lowest BCUT2D eigenvalue weighted by molar-refractivity contribution is -0.132. The second-order valence-corrected chi connectivity index (χ2v) is 6.06. The van der Waals surface area contributed by atoms with Crippen molar-refractivity contribution < 1.29 is 14.6 Å². The van der Waals surface area contributed by atoms with Crippen molar-refractivity contribution in [3.63, 3.8) is 0 Å². The summed E-state index contributed by atoms with van der Waals surface area (Å²) in [4.78, 5) is 26.8. The number of hydrogen-bond acceptors (Lipinski definition) is 5. The summed E-state index contributed by atoms with van der Waals surface area (Å²) in [6, 6.07) is 7.25. The third kappa shape index (κ3) is 3.32. The fraction of sp³-hybridized carbons (Fsp3) is 0.471. The van der Waals surface area contributed by atoms with Gasteiger partial charge in [-0.3, -0.25) is 9.59 Å². The molecule has 7 nitrogen and oxygen atoms in total. The van der Waals surface area contributed by atoms with Crippen LogP contribution in [0.1, 0.15) is 5.69 Å². The van der Waals surface area contributed by atoms with Gasteiger partial charge in [0.05, 0.1) is 24.3 Å². The molecule has 1 aliphatic heterocycles. The number of carbonyl (C=O) groups is 1. The van der Waals surface area contributed by atoms with E-state index in [9.17, 15) is 14.7 Å². The highest BCUT2D eigenvalue weighted by molar-refractivity contribution is 5.83. The van der Waals surface area contributed by atoms with Crippen LogP contribution in [0, 0.1) is 12.8 Å². The van der Waals surface area contributed by atoms with E-state index in [-0.39, 0.29) is 30.5 Å². The molecule has 1 aliphatic rings. The molecular formula is C17H21N3O4. The van der Waals surface area contributed by atoms with Crippen molar-refractivity contribution in [2.45, 2.75) is 13.5 Å². The van der Waals surface area contributed by atoms with E-state index in [0.717, 1.165) is 5.39 Å². The Morgan fingerprint density at radius 1 is 1.38 bits per heavy atom. The summed E-state index contributed by atoms with van der Waals surface area (Å²) in [6.45, 7) is 3.44. The van der Waals surface area contributed by atoms with E-state index in [2.05, 4.69) is 5.10 Å². The number of carbonyl (C=O) groups excluding carboxylic acids is 1. The molecule has 2 aromatic rings. The molecule has 1 unspecified atom stereocenters. The Labute approximate surface area is 139 Å². The summed E-state index contributed by atoms with van der Waals surface area (Å²) in [5.41, 5.74) is 0.444. The number of nitrogens with zero attached hydrogens (tertiary/aromatic N) is 3. The monoisotopic (exact) mass is 331 g/mol. The van der Waals surface area contributed by atoms with Gasteiger partial charge in [0.2, 0.25) is 5.91 Å². The number of hydrogen-bond donors (Lipinski definition) is 1. The minimum atomic E-state index is -0.269. The molecule has 1 N–H and O–H groups in total. The normalized spacial score (nSPS) is 18.6. The molecule has 2 heterocycles. The Hall–Kier alpha value is -2.25. The molecule has 0 radical (unpaired) electrons. The van der Waals surface area contributed by atoms with Crippen molar-refractivity contribution in [3.05, 3.63) is 40.3 Å². The molecule has 128 valence electrons. The SMILES string of the molecule is Cc1nn(CC(=O)N2CCOCC(CO)C2)c(=O)c2ccccc12. The Balaban J connectivity index is 1.85. The van der Waals surface area contributed by atoms with Crippen molar-refractivity contribution in [3.8, 4) is 0 Å². The lowest BCUT2D eigenvalue weighted by Crippen LogP contribution is -2.41. The van der Waals surface area contributed by atoms with Gasteiger partial charge in [0.15, 0.2) is 0 Å². The van der Waals surface area contributed by atoms with E-state index in [4.69, 9.17) is 4.74 Å². The van der Waals surface area contributed by atoms with Gasteiger partial charge >= 0.3 is 0 Å². The number of benzene rings is 1. The summed E-state index contributed by atoms with van der Waals surface area (Å²) < 4.78 is 6.61. The molecule has 1 saturated heterocycles. The Kier molecular flexibility index (Phi) is 4.92. The van der Waals surface area contributed by atoms with Crippen molar-refractivity contribution >= 4 is 16.7 Å². The van der Waals surface area contributed by atoms with Crippen LogP contribution in [0.3, 0.4) is 0 Å². The number of aliphatic hydroxyl groups is 1. The maximum atomic E-state index is 12.6. The summed E-state index contributed by atoms with van der Waals surface area (Å²) in [5, 5.41) is 15.0. The van der Waals surface area contributed by atoms with Gasteiger partial charge in [-0.05, 0) is 13.0 Å². The summed E-state index contributed by atoms with van der Waals surface area (Å²) in [7, 11) is 0. The number of amides is 1. The second kappa shape index (κ2) is 7.11. The summed E-state index contributed by atoms with van der Waals surface area (Å²) in [5.74, 6) is -0.289. The van der Waals surface area contributed by atoms with Crippen LogP contribution in [0.2, 0.25) is 0 Å². The third-order valence-corrected chi connectivity index (χ3v) is 4.29. The maximum absolute atomic E-state index is 12.6. The molecule has 0 saturated carbocycles. The van der Waals surface area contributed by atoms with Crippen LogP contribution < -0.4 is 5.56 Å². The van der Waals surface area contributed by atoms with Crippen LogP contribution in [-0.4, -0.2) is 58.6 Å². The van der Waals surface area contributed by atoms with Crippen molar-refractivity contribution in [1.29, 1.82) is 0 Å². The first-order valence-corrected chi connectivity index (χ1v) is 8.03. The van der Waals surface area contributed by atoms with Crippen LogP contribution in [0.25, 0.3) is 10.8 Å². The van der Waals surface area contributed by atoms with E-state index in [1.165, 1.54) is 4.68 Å². The van der Waals surface area contributed by atoms with Gasteiger partial charge < -0.3 is 14.7 Å². The number of fused-ring (bicyclic) bond motifs is 1. The molecule has 1 atom stereocenters. The fourth-order valence-corrected chi connectivity index (χ4v) is 2.96. The van der Waals surface area contributed by atoms with Crippen LogP contribution in [0.15, 0.2) is 29.1 Å². The van der Waals surface area contributed by atoms with Gasteiger partial charge in [-0.25, -0.2) is 4.68 Å². The molecule has 1 fully saturated rings. The highest BCUT2D eigenvalue weighted by Gasteiger charge is 2.23. The van der Waals surface area contributed by atoms with Gasteiger partial charge in [-0.1, -0.05) is 18.2 Å². The summed E-state index contributed by atoms with van der Waals surface area (Å²) in [6.07, 6.45) is 0. The van der Waals surface area contributed by atoms with E-state index in [1.54, 1.807) is 17.0 Å². The molecule has 1 amide bonds. The Morgan fingerprint density at radius 3 is 2.88 bits per heavy atom. The topological polar surface area (TPSA) is 84.7 Å². The lowest BCUT2D eigenvalue weighted by atomic mass is 10.1. The predicted octanol–water partition coefficient (Wildman–Crippen LogP) is 0.172. The number of ether oxygens (including phenoxy) is 1.